The second-order valence-corrected chi connectivity index (χ2v) is 2.89. The van der Waals surface area contributed by atoms with Crippen molar-refractivity contribution in [3.8, 4) is 6.07 Å². The summed E-state index contributed by atoms with van der Waals surface area (Å²) in [6.07, 6.45) is -0.0379. The largest absolute Gasteiger partial charge is 0.273 e. The maximum Gasteiger partial charge on any atom is 0.273 e. The normalized spacial score (nSPS) is 8.62. The first-order valence-corrected chi connectivity index (χ1v) is 4.97. The number of rotatable bonds is 2. The number of nitro benzene ring substituents is 1. The molecule has 0 atom stereocenters. The van der Waals surface area contributed by atoms with E-state index in [9.17, 15) is 10.1 Å². The number of benzene rings is 1. The second-order valence-electron chi connectivity index (χ2n) is 2.89. The summed E-state index contributed by atoms with van der Waals surface area (Å²) in [4.78, 5) is 10.1. The van der Waals surface area contributed by atoms with Crippen LogP contribution in [0.5, 0.6) is 0 Å². The van der Waals surface area contributed by atoms with E-state index in [1.807, 2.05) is 19.9 Å². The molecule has 0 saturated heterocycles. The predicted octanol–water partition coefficient (Wildman–Crippen LogP) is 1.79. The zero-order valence-corrected chi connectivity index (χ0v) is 9.65. The van der Waals surface area contributed by atoms with Crippen molar-refractivity contribution in [3.05, 3.63) is 33.4 Å². The third-order valence-electron chi connectivity index (χ3n) is 2.00. The number of aryl methyl sites for hydroxylation is 1. The summed E-state index contributed by atoms with van der Waals surface area (Å²) in [5.41, 5.74) is 1.30. The summed E-state index contributed by atoms with van der Waals surface area (Å²) in [7, 11) is 5.65. The van der Waals surface area contributed by atoms with Gasteiger partial charge in [0.1, 0.15) is 7.85 Å². The Hall–Kier alpha value is -1.83. The van der Waals surface area contributed by atoms with E-state index in [0.717, 1.165) is 5.56 Å². The summed E-state index contributed by atoms with van der Waals surface area (Å²) < 4.78 is 0. The fraction of sp³-hybridized carbons (Fsp3) is 0.364. The van der Waals surface area contributed by atoms with Gasteiger partial charge in [0.05, 0.1) is 17.4 Å². The van der Waals surface area contributed by atoms with E-state index in [0.29, 0.717) is 11.0 Å². The van der Waals surface area contributed by atoms with Crippen LogP contribution in [0, 0.1) is 28.4 Å². The molecule has 0 unspecified atom stereocenters. The molecule has 16 heavy (non-hydrogen) atoms. The topological polar surface area (TPSA) is 66.9 Å². The fourth-order valence-electron chi connectivity index (χ4n) is 1.21. The van der Waals surface area contributed by atoms with Gasteiger partial charge in [-0.3, -0.25) is 10.1 Å². The molecule has 1 aromatic carbocycles. The lowest BCUT2D eigenvalue weighted by atomic mass is 9.84. The molecule has 1 aromatic rings. The van der Waals surface area contributed by atoms with E-state index in [1.165, 1.54) is 6.07 Å². The SMILES string of the molecule is CC.[B]c1c(C)ccc([N+](=O)[O-])c1CC#N. The second kappa shape index (κ2) is 6.62. The Balaban J connectivity index is 0.00000106. The van der Waals surface area contributed by atoms with Crippen LogP contribution in [0.3, 0.4) is 0 Å². The average molecular weight is 216 g/mol. The van der Waals surface area contributed by atoms with E-state index < -0.39 is 4.92 Å². The van der Waals surface area contributed by atoms with Gasteiger partial charge in [0.25, 0.3) is 5.69 Å². The maximum absolute atomic E-state index is 10.6. The van der Waals surface area contributed by atoms with Gasteiger partial charge in [0.2, 0.25) is 0 Å². The third kappa shape index (κ3) is 3.09. The first-order chi connectivity index (χ1) is 7.57. The van der Waals surface area contributed by atoms with Gasteiger partial charge in [-0.25, -0.2) is 0 Å². The Morgan fingerprint density at radius 2 is 2.06 bits per heavy atom. The van der Waals surface area contributed by atoms with Gasteiger partial charge >= 0.3 is 0 Å². The quantitative estimate of drug-likeness (QED) is 0.430. The lowest BCUT2D eigenvalue weighted by Crippen LogP contribution is -2.16. The first-order valence-electron chi connectivity index (χ1n) is 4.97. The Kier molecular flexibility index (Phi) is 5.87. The maximum atomic E-state index is 10.6. The summed E-state index contributed by atoms with van der Waals surface area (Å²) >= 11 is 0. The van der Waals surface area contributed by atoms with E-state index in [1.54, 1.807) is 13.0 Å². The third-order valence-corrected chi connectivity index (χ3v) is 2.00. The van der Waals surface area contributed by atoms with Crippen molar-refractivity contribution in [2.24, 2.45) is 0 Å². The van der Waals surface area contributed by atoms with Gasteiger partial charge in [0.15, 0.2) is 0 Å². The van der Waals surface area contributed by atoms with Crippen LogP contribution in [-0.4, -0.2) is 12.8 Å². The van der Waals surface area contributed by atoms with Crippen LogP contribution in [0.4, 0.5) is 5.69 Å². The van der Waals surface area contributed by atoms with Crippen molar-refractivity contribution in [2.45, 2.75) is 27.2 Å². The average Bonchev–Trinajstić information content (AvgIpc) is 2.27. The Bertz CT molecular complexity index is 425. The number of hydrogen-bond donors (Lipinski definition) is 0. The fourth-order valence-corrected chi connectivity index (χ4v) is 1.21. The lowest BCUT2D eigenvalue weighted by molar-refractivity contribution is -0.385. The van der Waals surface area contributed by atoms with Gasteiger partial charge in [-0.15, -0.1) is 0 Å². The Morgan fingerprint density at radius 3 is 2.50 bits per heavy atom. The molecule has 0 amide bonds. The minimum atomic E-state index is -0.525. The highest BCUT2D eigenvalue weighted by Crippen LogP contribution is 2.17. The molecule has 0 N–H and O–H groups in total. The van der Waals surface area contributed by atoms with Crippen LogP contribution in [0.25, 0.3) is 0 Å². The van der Waals surface area contributed by atoms with Gasteiger partial charge in [-0.2, -0.15) is 5.26 Å². The van der Waals surface area contributed by atoms with Crippen molar-refractivity contribution in [2.75, 3.05) is 0 Å². The highest BCUT2D eigenvalue weighted by molar-refractivity contribution is 6.34. The Morgan fingerprint density at radius 1 is 1.50 bits per heavy atom. The van der Waals surface area contributed by atoms with E-state index >= 15 is 0 Å². The van der Waals surface area contributed by atoms with Crippen molar-refractivity contribution in [1.29, 1.82) is 5.26 Å². The molecule has 0 aliphatic carbocycles. The molecule has 0 heterocycles. The monoisotopic (exact) mass is 216 g/mol. The molecule has 0 aliphatic rings. The van der Waals surface area contributed by atoms with Crippen molar-refractivity contribution >= 4 is 19.0 Å². The summed E-state index contributed by atoms with van der Waals surface area (Å²) in [5, 5.41) is 19.1. The minimum Gasteiger partial charge on any atom is -0.258 e. The number of nitro groups is 1. The molecule has 82 valence electrons. The summed E-state index contributed by atoms with van der Waals surface area (Å²) in [5.74, 6) is 0. The van der Waals surface area contributed by atoms with Crippen LogP contribution in [0.2, 0.25) is 0 Å². The Labute approximate surface area is 96.5 Å². The lowest BCUT2D eigenvalue weighted by Gasteiger charge is -2.06. The van der Waals surface area contributed by atoms with Crippen LogP contribution in [0.15, 0.2) is 12.1 Å². The first kappa shape index (κ1) is 14.2. The number of hydrogen-bond acceptors (Lipinski definition) is 3. The van der Waals surface area contributed by atoms with Gasteiger partial charge in [-0.1, -0.05) is 30.9 Å². The molecular formula is C11H13BN2O2. The molecule has 4 nitrogen and oxygen atoms in total. The zero-order chi connectivity index (χ0) is 12.7. The van der Waals surface area contributed by atoms with Crippen molar-refractivity contribution in [3.63, 3.8) is 0 Å². The predicted molar refractivity (Wildman–Crippen MR) is 63.9 cm³/mol. The molecular weight excluding hydrogens is 203 g/mol. The van der Waals surface area contributed by atoms with Crippen LogP contribution in [-0.2, 0) is 6.42 Å². The van der Waals surface area contributed by atoms with E-state index in [2.05, 4.69) is 0 Å². The highest BCUT2D eigenvalue weighted by atomic mass is 16.6. The molecule has 0 bridgehead atoms. The summed E-state index contributed by atoms with van der Waals surface area (Å²) in [6, 6.07) is 4.81. The molecule has 1 rings (SSSR count). The molecule has 5 heteroatoms. The molecule has 2 radical (unpaired) electrons. The van der Waals surface area contributed by atoms with E-state index in [-0.39, 0.29) is 12.1 Å². The van der Waals surface area contributed by atoms with Crippen LogP contribution < -0.4 is 5.46 Å². The number of nitrogens with zero attached hydrogens (tertiary/aromatic N) is 2. The van der Waals surface area contributed by atoms with Crippen molar-refractivity contribution in [1.82, 2.24) is 0 Å². The molecule has 0 fully saturated rings. The van der Waals surface area contributed by atoms with Crippen molar-refractivity contribution < 1.29 is 4.92 Å². The molecule has 0 saturated carbocycles. The standard InChI is InChI=1S/C9H7BN2O2.C2H6/c1-6-2-3-8(12(13)14)7(4-5-11)9(6)10;1-2/h2-3H,4H2,1H3;1-2H3. The highest BCUT2D eigenvalue weighted by Gasteiger charge is 2.15. The minimum absolute atomic E-state index is 0.0379. The zero-order valence-electron chi connectivity index (χ0n) is 9.65. The molecule has 0 aromatic heterocycles. The van der Waals surface area contributed by atoms with Gasteiger partial charge in [-0.05, 0) is 6.92 Å². The van der Waals surface area contributed by atoms with Gasteiger partial charge in [0, 0.05) is 11.6 Å². The molecule has 0 aliphatic heterocycles. The molecule has 0 spiro atoms. The van der Waals surface area contributed by atoms with Gasteiger partial charge < -0.3 is 0 Å². The smallest absolute Gasteiger partial charge is 0.258 e. The number of nitriles is 1. The van der Waals surface area contributed by atoms with Crippen LogP contribution in [0.1, 0.15) is 25.0 Å². The van der Waals surface area contributed by atoms with Crippen LogP contribution >= 0.6 is 0 Å². The summed E-state index contributed by atoms with van der Waals surface area (Å²) in [6.45, 7) is 5.75. The van der Waals surface area contributed by atoms with E-state index in [4.69, 9.17) is 13.1 Å².